The minimum atomic E-state index is -4.80. The van der Waals surface area contributed by atoms with E-state index in [1.807, 2.05) is 9.80 Å². The third-order valence-electron chi connectivity index (χ3n) is 9.23. The molecule has 46 heavy (non-hydrogen) atoms. The van der Waals surface area contributed by atoms with Crippen molar-refractivity contribution in [3.63, 3.8) is 0 Å². The fraction of sp³-hybridized carbons (Fsp3) is 0.455. The molecule has 2 saturated heterocycles. The number of fused-ring (bicyclic) bond motifs is 1. The molecule has 13 heteroatoms. The van der Waals surface area contributed by atoms with Crippen LogP contribution in [0.4, 0.5) is 26.7 Å². The molecule has 2 amide bonds. The molecule has 2 aromatic carbocycles. The second-order valence-electron chi connectivity index (χ2n) is 12.0. The van der Waals surface area contributed by atoms with Gasteiger partial charge >= 0.3 is 12.2 Å². The van der Waals surface area contributed by atoms with Crippen LogP contribution in [0, 0.1) is 18.6 Å². The molecule has 6 rings (SSSR count). The highest BCUT2D eigenvalue weighted by Gasteiger charge is 2.37. The van der Waals surface area contributed by atoms with E-state index in [0.717, 1.165) is 44.1 Å². The summed E-state index contributed by atoms with van der Waals surface area (Å²) < 4.78 is 79.5. The van der Waals surface area contributed by atoms with E-state index >= 15 is 8.78 Å². The summed E-state index contributed by atoms with van der Waals surface area (Å²) in [5.74, 6) is -1.39. The van der Waals surface area contributed by atoms with Gasteiger partial charge in [0.15, 0.2) is 11.6 Å². The SMILES string of the molecule is COc1cccc(-c2c(C)c(Cc3c(F)cccc3C(F)(F)F)c3n(c2=O)C(CN2CCN(C(=O)N4CCCC4)CC2)CS3)c1F. The first-order valence-corrected chi connectivity index (χ1v) is 16.3. The summed E-state index contributed by atoms with van der Waals surface area (Å²) in [5.41, 5.74) is -1.47. The molecule has 1 unspecified atom stereocenters. The normalized spacial score (nSPS) is 18.7. The van der Waals surface area contributed by atoms with Gasteiger partial charge in [0.25, 0.3) is 5.56 Å². The first-order valence-electron chi connectivity index (χ1n) is 15.3. The zero-order valence-corrected chi connectivity index (χ0v) is 26.4. The molecule has 3 aliphatic heterocycles. The summed E-state index contributed by atoms with van der Waals surface area (Å²) >= 11 is 1.34. The lowest BCUT2D eigenvalue weighted by atomic mass is 9.92. The molecule has 0 radical (unpaired) electrons. The van der Waals surface area contributed by atoms with Gasteiger partial charge in [-0.2, -0.15) is 13.2 Å². The van der Waals surface area contributed by atoms with Gasteiger partial charge in [-0.3, -0.25) is 14.3 Å². The Morgan fingerprint density at radius 3 is 2.30 bits per heavy atom. The third-order valence-corrected chi connectivity index (χ3v) is 10.5. The minimum Gasteiger partial charge on any atom is -0.494 e. The fourth-order valence-electron chi connectivity index (χ4n) is 6.80. The number of likely N-dealkylation sites (tertiary alicyclic amines) is 1. The molecular weight excluding hydrogens is 627 g/mol. The molecule has 7 nitrogen and oxygen atoms in total. The number of alkyl halides is 3. The molecule has 0 saturated carbocycles. The van der Waals surface area contributed by atoms with E-state index in [-0.39, 0.29) is 28.9 Å². The first kappa shape index (κ1) is 32.4. The van der Waals surface area contributed by atoms with E-state index in [2.05, 4.69) is 4.90 Å². The number of urea groups is 1. The van der Waals surface area contributed by atoms with Crippen LogP contribution in [-0.2, 0) is 12.6 Å². The average Bonchev–Trinajstić information content (AvgIpc) is 3.71. The lowest BCUT2D eigenvalue weighted by Gasteiger charge is -2.37. The topological polar surface area (TPSA) is 58.0 Å². The number of piperazine rings is 1. The van der Waals surface area contributed by atoms with Crippen molar-refractivity contribution < 1.29 is 31.5 Å². The van der Waals surface area contributed by atoms with Gasteiger partial charge in [0.1, 0.15) is 5.82 Å². The standard InChI is InChI=1S/C33H35F5N4O3S/c1-20-23(17-24-25(33(36,37)38)8-6-9-26(24)34)31-42(30(43)28(20)22-7-5-10-27(45-2)29(22)35)21(19-46-31)18-39-13-15-41(16-14-39)32(44)40-11-3-4-12-40/h5-10,21H,3-4,11-19H2,1-2H3. The molecule has 4 heterocycles. The van der Waals surface area contributed by atoms with Gasteiger partial charge in [-0.05, 0) is 49.1 Å². The number of nitrogens with zero attached hydrogens (tertiary/aromatic N) is 4. The van der Waals surface area contributed by atoms with Crippen molar-refractivity contribution in [2.24, 2.45) is 0 Å². The Hall–Kier alpha value is -3.58. The number of carbonyl (C=O) groups is 1. The molecule has 0 N–H and O–H groups in total. The summed E-state index contributed by atoms with van der Waals surface area (Å²) in [6.45, 7) is 5.87. The number of benzene rings is 2. The van der Waals surface area contributed by atoms with E-state index in [4.69, 9.17) is 4.74 Å². The van der Waals surface area contributed by atoms with Gasteiger partial charge < -0.3 is 14.5 Å². The van der Waals surface area contributed by atoms with Crippen LogP contribution < -0.4 is 10.3 Å². The average molecular weight is 663 g/mol. The van der Waals surface area contributed by atoms with Gasteiger partial charge in [-0.15, -0.1) is 11.8 Å². The van der Waals surface area contributed by atoms with Crippen LogP contribution in [0.1, 0.15) is 41.1 Å². The van der Waals surface area contributed by atoms with Crippen molar-refractivity contribution in [3.8, 4) is 16.9 Å². The molecule has 1 atom stereocenters. The number of halogens is 5. The second kappa shape index (κ2) is 12.9. The maximum absolute atomic E-state index is 15.7. The highest BCUT2D eigenvalue weighted by Crippen LogP contribution is 2.42. The van der Waals surface area contributed by atoms with Crippen LogP contribution in [0.15, 0.2) is 46.2 Å². The number of rotatable bonds is 6. The van der Waals surface area contributed by atoms with Crippen LogP contribution in [0.3, 0.4) is 0 Å². The summed E-state index contributed by atoms with van der Waals surface area (Å²) in [6.07, 6.45) is -3.21. The van der Waals surface area contributed by atoms with Crippen molar-refractivity contribution in [3.05, 3.63) is 80.6 Å². The molecule has 3 aliphatic rings. The van der Waals surface area contributed by atoms with Crippen molar-refractivity contribution in [2.75, 3.05) is 58.7 Å². The molecule has 3 aromatic rings. The molecule has 0 spiro atoms. The number of aromatic nitrogens is 1. The fourth-order valence-corrected chi connectivity index (χ4v) is 8.17. The van der Waals surface area contributed by atoms with Crippen LogP contribution in [0.2, 0.25) is 0 Å². The maximum atomic E-state index is 15.7. The molecular formula is C33H35F5N4O3S. The summed E-state index contributed by atoms with van der Waals surface area (Å²) in [6, 6.07) is 6.93. The van der Waals surface area contributed by atoms with Gasteiger partial charge in [0.2, 0.25) is 0 Å². The second-order valence-corrected chi connectivity index (χ2v) is 13.0. The molecule has 1 aromatic heterocycles. The highest BCUT2D eigenvalue weighted by molar-refractivity contribution is 7.99. The van der Waals surface area contributed by atoms with Crippen LogP contribution in [0.5, 0.6) is 5.75 Å². The largest absolute Gasteiger partial charge is 0.494 e. The van der Waals surface area contributed by atoms with E-state index in [1.54, 1.807) is 17.6 Å². The lowest BCUT2D eigenvalue weighted by molar-refractivity contribution is -0.138. The monoisotopic (exact) mass is 662 g/mol. The van der Waals surface area contributed by atoms with Gasteiger partial charge in [0.05, 0.1) is 29.3 Å². The molecule has 0 bridgehead atoms. The van der Waals surface area contributed by atoms with Crippen LogP contribution in [0.25, 0.3) is 11.1 Å². The van der Waals surface area contributed by atoms with Crippen LogP contribution in [-0.4, -0.2) is 84.0 Å². The highest BCUT2D eigenvalue weighted by atomic mass is 32.2. The summed E-state index contributed by atoms with van der Waals surface area (Å²) in [7, 11) is 1.30. The Balaban J connectivity index is 1.38. The summed E-state index contributed by atoms with van der Waals surface area (Å²) in [5, 5.41) is 0.457. The predicted molar refractivity (Wildman–Crippen MR) is 166 cm³/mol. The number of methoxy groups -OCH3 is 1. The van der Waals surface area contributed by atoms with Gasteiger partial charge in [-0.25, -0.2) is 13.6 Å². The van der Waals surface area contributed by atoms with Gasteiger partial charge in [0, 0.05) is 69.1 Å². The third kappa shape index (κ3) is 5.99. The first-order chi connectivity index (χ1) is 22.0. The number of pyridine rings is 1. The van der Waals surface area contributed by atoms with E-state index in [9.17, 15) is 22.8 Å². The maximum Gasteiger partial charge on any atom is 0.416 e. The van der Waals surface area contributed by atoms with Crippen molar-refractivity contribution >= 4 is 17.8 Å². The number of ether oxygens (including phenoxy) is 1. The van der Waals surface area contributed by atoms with E-state index in [0.29, 0.717) is 54.6 Å². The molecule has 0 aliphatic carbocycles. The quantitative estimate of drug-likeness (QED) is 0.295. The summed E-state index contributed by atoms with van der Waals surface area (Å²) in [4.78, 5) is 33.1. The van der Waals surface area contributed by atoms with Crippen LogP contribution >= 0.6 is 11.8 Å². The number of carbonyl (C=O) groups excluding carboxylic acids is 1. The van der Waals surface area contributed by atoms with Crippen molar-refractivity contribution in [1.29, 1.82) is 0 Å². The lowest BCUT2D eigenvalue weighted by Crippen LogP contribution is -2.53. The minimum absolute atomic E-state index is 0.00794. The Labute approximate surface area is 267 Å². The van der Waals surface area contributed by atoms with E-state index < -0.39 is 40.9 Å². The number of hydrogen-bond acceptors (Lipinski definition) is 5. The number of thioether (sulfide) groups is 1. The van der Waals surface area contributed by atoms with Gasteiger partial charge in [-0.1, -0.05) is 18.2 Å². The van der Waals surface area contributed by atoms with Crippen molar-refractivity contribution in [1.82, 2.24) is 19.3 Å². The Morgan fingerprint density at radius 1 is 0.957 bits per heavy atom. The smallest absolute Gasteiger partial charge is 0.416 e. The molecule has 246 valence electrons. The Morgan fingerprint density at radius 2 is 1.63 bits per heavy atom. The number of hydrogen-bond donors (Lipinski definition) is 0. The van der Waals surface area contributed by atoms with Crippen molar-refractivity contribution in [2.45, 2.75) is 43.4 Å². The Bertz CT molecular complexity index is 1700. The number of amides is 2. The molecule has 2 fully saturated rings. The zero-order chi connectivity index (χ0) is 32.7. The van der Waals surface area contributed by atoms with E-state index in [1.165, 1.54) is 31.0 Å². The predicted octanol–water partition coefficient (Wildman–Crippen LogP) is 6.20. The zero-order valence-electron chi connectivity index (χ0n) is 25.6. The Kier molecular flexibility index (Phi) is 9.08.